The maximum Gasteiger partial charge on any atom is 0.138 e. The fourth-order valence-corrected chi connectivity index (χ4v) is 5.30. The van der Waals surface area contributed by atoms with Crippen LogP contribution < -0.4 is 14.4 Å². The van der Waals surface area contributed by atoms with Gasteiger partial charge in [0.05, 0.1) is 33.0 Å². The van der Waals surface area contributed by atoms with Gasteiger partial charge < -0.3 is 19.1 Å². The van der Waals surface area contributed by atoms with Crippen LogP contribution >= 0.6 is 0 Å². The van der Waals surface area contributed by atoms with Crippen molar-refractivity contribution in [3.05, 3.63) is 71.8 Å². The number of benzene rings is 3. The first-order valence-electron chi connectivity index (χ1n) is 13.5. The zero-order valence-electron chi connectivity index (χ0n) is 23.2. The highest BCUT2D eigenvalue weighted by Crippen LogP contribution is 2.49. The predicted octanol–water partition coefficient (Wildman–Crippen LogP) is 7.95. The van der Waals surface area contributed by atoms with Crippen LogP contribution in [0.2, 0.25) is 0 Å². The number of methoxy groups -OCH3 is 2. The Hall–Kier alpha value is -3.24. The van der Waals surface area contributed by atoms with Gasteiger partial charge >= 0.3 is 0 Å². The van der Waals surface area contributed by atoms with Crippen LogP contribution in [0.4, 0.5) is 5.69 Å². The Morgan fingerprint density at radius 1 is 0.973 bits per heavy atom. The second-order valence-corrected chi connectivity index (χ2v) is 9.96. The maximum absolute atomic E-state index is 6.29. The second-order valence-electron chi connectivity index (χ2n) is 9.96. The van der Waals surface area contributed by atoms with Gasteiger partial charge in [-0.15, -0.1) is 0 Å². The van der Waals surface area contributed by atoms with Crippen LogP contribution in [0.3, 0.4) is 0 Å². The van der Waals surface area contributed by atoms with Gasteiger partial charge in [0, 0.05) is 24.3 Å². The molecule has 0 bridgehead atoms. The molecule has 0 saturated carbocycles. The SMILES string of the molecule is C=C(C)c1ccc(C)cc1-c1c(OC)cc(CCCCC)c(-c2cccc(N3CCOCC3)c2)c1OC. The molecule has 0 spiro atoms. The molecule has 4 nitrogen and oxygen atoms in total. The summed E-state index contributed by atoms with van der Waals surface area (Å²) in [6, 6.07) is 17.6. The first kappa shape index (κ1) is 26.8. The highest BCUT2D eigenvalue weighted by Gasteiger charge is 2.25. The van der Waals surface area contributed by atoms with Crippen LogP contribution in [0, 0.1) is 6.92 Å². The van der Waals surface area contributed by atoms with E-state index in [9.17, 15) is 0 Å². The van der Waals surface area contributed by atoms with E-state index in [-0.39, 0.29) is 0 Å². The summed E-state index contributed by atoms with van der Waals surface area (Å²) in [5, 5.41) is 0. The van der Waals surface area contributed by atoms with E-state index in [1.54, 1.807) is 14.2 Å². The number of aryl methyl sites for hydroxylation is 2. The molecule has 4 heteroatoms. The van der Waals surface area contributed by atoms with Gasteiger partial charge in [0.25, 0.3) is 0 Å². The number of hydrogen-bond donors (Lipinski definition) is 0. The van der Waals surface area contributed by atoms with Crippen molar-refractivity contribution in [2.75, 3.05) is 45.4 Å². The van der Waals surface area contributed by atoms with Crippen LogP contribution in [0.15, 0.2) is 55.1 Å². The molecule has 0 unspecified atom stereocenters. The van der Waals surface area contributed by atoms with Gasteiger partial charge in [0.1, 0.15) is 11.5 Å². The molecule has 1 heterocycles. The lowest BCUT2D eigenvalue weighted by atomic mass is 9.86. The Bertz CT molecular complexity index is 1240. The Labute approximate surface area is 222 Å². The van der Waals surface area contributed by atoms with Crippen molar-refractivity contribution in [2.45, 2.75) is 46.5 Å². The van der Waals surface area contributed by atoms with Crippen molar-refractivity contribution in [1.82, 2.24) is 0 Å². The van der Waals surface area contributed by atoms with Crippen molar-refractivity contribution in [2.24, 2.45) is 0 Å². The number of rotatable bonds is 10. The van der Waals surface area contributed by atoms with Gasteiger partial charge in [-0.2, -0.15) is 0 Å². The number of morpholine rings is 1. The minimum Gasteiger partial charge on any atom is -0.496 e. The molecular weight excluding hydrogens is 458 g/mol. The molecule has 37 heavy (non-hydrogen) atoms. The quantitative estimate of drug-likeness (QED) is 0.265. The van der Waals surface area contributed by atoms with Gasteiger partial charge in [0.15, 0.2) is 0 Å². The molecule has 3 aromatic carbocycles. The van der Waals surface area contributed by atoms with E-state index < -0.39 is 0 Å². The fraction of sp³-hybridized carbons (Fsp3) is 0.394. The van der Waals surface area contributed by atoms with E-state index in [2.05, 4.69) is 80.8 Å². The maximum atomic E-state index is 6.29. The number of allylic oxidation sites excluding steroid dienone is 1. The number of unbranched alkanes of at least 4 members (excludes halogenated alkanes) is 2. The summed E-state index contributed by atoms with van der Waals surface area (Å²) in [6.07, 6.45) is 4.47. The lowest BCUT2D eigenvalue weighted by Crippen LogP contribution is -2.36. The molecule has 1 fully saturated rings. The van der Waals surface area contributed by atoms with E-state index >= 15 is 0 Å². The molecular formula is C33H41NO3. The van der Waals surface area contributed by atoms with Gasteiger partial charge in [-0.3, -0.25) is 0 Å². The number of anilines is 1. The van der Waals surface area contributed by atoms with Crippen molar-refractivity contribution >= 4 is 11.3 Å². The summed E-state index contributed by atoms with van der Waals surface area (Å²) in [5.74, 6) is 1.70. The monoisotopic (exact) mass is 499 g/mol. The van der Waals surface area contributed by atoms with E-state index in [1.165, 1.54) is 35.2 Å². The van der Waals surface area contributed by atoms with Crippen molar-refractivity contribution in [1.29, 1.82) is 0 Å². The summed E-state index contributed by atoms with van der Waals surface area (Å²) in [4.78, 5) is 2.40. The van der Waals surface area contributed by atoms with Gasteiger partial charge in [0.2, 0.25) is 0 Å². The number of hydrogen-bond acceptors (Lipinski definition) is 4. The Balaban J connectivity index is 1.98. The van der Waals surface area contributed by atoms with Crippen LogP contribution in [-0.4, -0.2) is 40.5 Å². The van der Waals surface area contributed by atoms with Crippen molar-refractivity contribution in [3.63, 3.8) is 0 Å². The molecule has 1 aliphatic rings. The van der Waals surface area contributed by atoms with Crippen molar-refractivity contribution < 1.29 is 14.2 Å². The Morgan fingerprint density at radius 3 is 2.43 bits per heavy atom. The molecule has 1 aliphatic heterocycles. The summed E-state index contributed by atoms with van der Waals surface area (Å²) >= 11 is 0. The fourth-order valence-electron chi connectivity index (χ4n) is 5.30. The molecule has 3 aromatic rings. The predicted molar refractivity (Wildman–Crippen MR) is 156 cm³/mol. The van der Waals surface area contributed by atoms with Gasteiger partial charge in [-0.05, 0) is 67.1 Å². The van der Waals surface area contributed by atoms with Crippen LogP contribution in [-0.2, 0) is 11.2 Å². The smallest absolute Gasteiger partial charge is 0.138 e. The van der Waals surface area contributed by atoms with E-state index in [4.69, 9.17) is 14.2 Å². The first-order valence-corrected chi connectivity index (χ1v) is 13.5. The lowest BCUT2D eigenvalue weighted by Gasteiger charge is -2.29. The molecule has 196 valence electrons. The molecule has 0 radical (unpaired) electrons. The zero-order valence-corrected chi connectivity index (χ0v) is 23.2. The van der Waals surface area contributed by atoms with Crippen LogP contribution in [0.25, 0.3) is 27.8 Å². The van der Waals surface area contributed by atoms with Gasteiger partial charge in [-0.25, -0.2) is 0 Å². The Kier molecular flexibility index (Phi) is 8.94. The Morgan fingerprint density at radius 2 is 1.76 bits per heavy atom. The third-order valence-electron chi connectivity index (χ3n) is 7.22. The molecule has 0 N–H and O–H groups in total. The average Bonchev–Trinajstić information content (AvgIpc) is 2.92. The minimum atomic E-state index is 0.763. The largest absolute Gasteiger partial charge is 0.496 e. The van der Waals surface area contributed by atoms with E-state index in [0.29, 0.717) is 0 Å². The number of ether oxygens (including phenoxy) is 3. The normalized spacial score (nSPS) is 13.5. The highest BCUT2D eigenvalue weighted by molar-refractivity contribution is 5.93. The summed E-state index contributed by atoms with van der Waals surface area (Å²) in [6.45, 7) is 14.0. The van der Waals surface area contributed by atoms with Crippen LogP contribution in [0.1, 0.15) is 49.8 Å². The summed E-state index contributed by atoms with van der Waals surface area (Å²) in [5.41, 5.74) is 10.2. The highest BCUT2D eigenvalue weighted by atomic mass is 16.5. The zero-order chi connectivity index (χ0) is 26.4. The second kappa shape index (κ2) is 12.3. The first-order chi connectivity index (χ1) is 18.0. The summed E-state index contributed by atoms with van der Waals surface area (Å²) in [7, 11) is 3.53. The standard InChI is InChI=1S/C33H41NO3/c1-7-8-9-11-26-22-30(35-5)32(29-20-24(4)14-15-28(29)23(2)3)33(36-6)31(26)25-12-10-13-27(21-25)34-16-18-37-19-17-34/h10,12-15,20-22H,2,7-9,11,16-19H2,1,3-6H3. The van der Waals surface area contributed by atoms with Gasteiger partial charge in [-0.1, -0.05) is 67.8 Å². The topological polar surface area (TPSA) is 30.9 Å². The third kappa shape index (κ3) is 5.86. The minimum absolute atomic E-state index is 0.763. The van der Waals surface area contributed by atoms with E-state index in [0.717, 1.165) is 78.5 Å². The van der Waals surface area contributed by atoms with E-state index in [1.807, 2.05) is 0 Å². The molecule has 4 rings (SSSR count). The molecule has 0 amide bonds. The number of nitrogens with zero attached hydrogens (tertiary/aromatic N) is 1. The molecule has 0 aromatic heterocycles. The average molecular weight is 500 g/mol. The molecule has 1 saturated heterocycles. The lowest BCUT2D eigenvalue weighted by molar-refractivity contribution is 0.122. The molecule has 0 atom stereocenters. The van der Waals surface area contributed by atoms with Crippen molar-refractivity contribution in [3.8, 4) is 33.8 Å². The third-order valence-corrected chi connectivity index (χ3v) is 7.22. The van der Waals surface area contributed by atoms with Crippen LogP contribution in [0.5, 0.6) is 11.5 Å². The molecule has 0 aliphatic carbocycles. The summed E-state index contributed by atoms with van der Waals surface area (Å²) < 4.78 is 17.9.